The molecule has 5 nitrogen and oxygen atoms in total. The molecular formula is C8H8F2N4O. The maximum Gasteiger partial charge on any atom is 0.282 e. The van der Waals surface area contributed by atoms with Gasteiger partial charge in [0, 0.05) is 12.4 Å². The Morgan fingerprint density at radius 1 is 1.40 bits per heavy atom. The fourth-order valence-corrected chi connectivity index (χ4v) is 1.27. The summed E-state index contributed by atoms with van der Waals surface area (Å²) in [5.74, 6) is -3.12. The molecule has 1 aromatic heterocycles. The number of halogens is 2. The van der Waals surface area contributed by atoms with E-state index in [9.17, 15) is 13.6 Å². The summed E-state index contributed by atoms with van der Waals surface area (Å²) in [6, 6.07) is 0. The Bertz CT molecular complexity index is 384. The molecular weight excluding hydrogens is 206 g/mol. The van der Waals surface area contributed by atoms with E-state index in [-0.39, 0.29) is 24.6 Å². The van der Waals surface area contributed by atoms with Gasteiger partial charge in [0.15, 0.2) is 0 Å². The highest BCUT2D eigenvalue weighted by Crippen LogP contribution is 2.29. The number of rotatable bonds is 2. The second-order valence-electron chi connectivity index (χ2n) is 3.35. The predicted molar refractivity (Wildman–Crippen MR) is 47.7 cm³/mol. The highest BCUT2D eigenvalue weighted by Gasteiger charge is 2.45. The van der Waals surface area contributed by atoms with Crippen molar-refractivity contribution < 1.29 is 13.6 Å². The fraction of sp³-hybridized carbons (Fsp3) is 0.375. The van der Waals surface area contributed by atoms with Gasteiger partial charge in [-0.05, 0) is 0 Å². The lowest BCUT2D eigenvalue weighted by molar-refractivity contribution is -0.0271. The Kier molecular flexibility index (Phi) is 2.02. The highest BCUT2D eigenvalue weighted by atomic mass is 19.3. The van der Waals surface area contributed by atoms with Crippen LogP contribution in [-0.2, 0) is 0 Å². The van der Waals surface area contributed by atoms with Crippen LogP contribution in [0.15, 0.2) is 12.4 Å². The van der Waals surface area contributed by atoms with Gasteiger partial charge in [-0.25, -0.2) is 18.7 Å². The minimum absolute atomic E-state index is 0.158. The highest BCUT2D eigenvalue weighted by molar-refractivity contribution is 5.92. The van der Waals surface area contributed by atoms with Crippen LogP contribution in [0.4, 0.5) is 14.7 Å². The number of hydrogen-bond donors (Lipinski definition) is 1. The molecule has 0 radical (unpaired) electrons. The van der Waals surface area contributed by atoms with E-state index in [0.29, 0.717) is 0 Å². The molecule has 2 heterocycles. The molecule has 1 aromatic rings. The predicted octanol–water partition coefficient (Wildman–Crippen LogP) is 0.0308. The average Bonchev–Trinajstić information content (AvgIpc) is 2.14. The number of carbonyl (C=O) groups excluding carboxylic acids is 1. The maximum atomic E-state index is 12.5. The number of primary amides is 1. The van der Waals surface area contributed by atoms with Gasteiger partial charge in [0.2, 0.25) is 5.95 Å². The van der Waals surface area contributed by atoms with Gasteiger partial charge in [0.1, 0.15) is 0 Å². The number of anilines is 1. The first kappa shape index (κ1) is 9.75. The zero-order valence-electron chi connectivity index (χ0n) is 7.65. The maximum absolute atomic E-state index is 12.5. The molecule has 1 aliphatic heterocycles. The molecule has 1 amide bonds. The number of amides is 1. The molecule has 2 rings (SSSR count). The van der Waals surface area contributed by atoms with Gasteiger partial charge in [-0.15, -0.1) is 0 Å². The fourth-order valence-electron chi connectivity index (χ4n) is 1.27. The summed E-state index contributed by atoms with van der Waals surface area (Å²) in [7, 11) is 0. The van der Waals surface area contributed by atoms with E-state index in [2.05, 4.69) is 9.97 Å². The summed E-state index contributed by atoms with van der Waals surface area (Å²) >= 11 is 0. The van der Waals surface area contributed by atoms with Crippen molar-refractivity contribution in [3.63, 3.8) is 0 Å². The summed E-state index contributed by atoms with van der Waals surface area (Å²) in [5, 5.41) is 0. The van der Waals surface area contributed by atoms with E-state index < -0.39 is 11.8 Å². The molecule has 80 valence electrons. The summed E-state index contributed by atoms with van der Waals surface area (Å²) in [6.45, 7) is -0.772. The van der Waals surface area contributed by atoms with Gasteiger partial charge in [0.25, 0.3) is 11.8 Å². The van der Waals surface area contributed by atoms with Crippen LogP contribution in [0.5, 0.6) is 0 Å². The number of alkyl halides is 2. The molecule has 0 spiro atoms. The SMILES string of the molecule is NC(=O)c1cnc(N2CC(F)(F)C2)nc1. The third kappa shape index (κ3) is 1.85. The Morgan fingerprint density at radius 3 is 2.33 bits per heavy atom. The molecule has 15 heavy (non-hydrogen) atoms. The van der Waals surface area contributed by atoms with Crippen LogP contribution in [0.1, 0.15) is 10.4 Å². The van der Waals surface area contributed by atoms with Crippen LogP contribution in [0.3, 0.4) is 0 Å². The molecule has 2 N–H and O–H groups in total. The molecule has 7 heteroatoms. The minimum Gasteiger partial charge on any atom is -0.366 e. The van der Waals surface area contributed by atoms with Crippen LogP contribution < -0.4 is 10.6 Å². The number of aromatic nitrogens is 2. The van der Waals surface area contributed by atoms with Crippen molar-refractivity contribution >= 4 is 11.9 Å². The summed E-state index contributed by atoms with van der Waals surface area (Å²) < 4.78 is 25.0. The number of carbonyl (C=O) groups is 1. The van der Waals surface area contributed by atoms with Gasteiger partial charge in [-0.2, -0.15) is 0 Å². The second kappa shape index (κ2) is 3.11. The smallest absolute Gasteiger partial charge is 0.282 e. The van der Waals surface area contributed by atoms with Crippen molar-refractivity contribution in [2.75, 3.05) is 18.0 Å². The van der Waals surface area contributed by atoms with Crippen molar-refractivity contribution in [1.29, 1.82) is 0 Å². The molecule has 0 aromatic carbocycles. The lowest BCUT2D eigenvalue weighted by Gasteiger charge is -2.38. The summed E-state index contributed by atoms with van der Waals surface area (Å²) in [5.41, 5.74) is 5.14. The average molecular weight is 214 g/mol. The molecule has 1 fully saturated rings. The monoisotopic (exact) mass is 214 g/mol. The van der Waals surface area contributed by atoms with Crippen molar-refractivity contribution in [2.24, 2.45) is 5.73 Å². The summed E-state index contributed by atoms with van der Waals surface area (Å²) in [6.07, 6.45) is 2.45. The molecule has 0 saturated carbocycles. The largest absolute Gasteiger partial charge is 0.366 e. The van der Waals surface area contributed by atoms with Gasteiger partial charge in [-0.3, -0.25) is 4.79 Å². The Hall–Kier alpha value is -1.79. The lowest BCUT2D eigenvalue weighted by atomic mass is 10.2. The first-order valence-corrected chi connectivity index (χ1v) is 4.22. The van der Waals surface area contributed by atoms with Gasteiger partial charge in [0.05, 0.1) is 18.7 Å². The second-order valence-corrected chi connectivity index (χ2v) is 3.35. The molecule has 1 saturated heterocycles. The molecule has 0 atom stereocenters. The summed E-state index contributed by atoms with van der Waals surface area (Å²) in [4.78, 5) is 19.5. The van der Waals surface area contributed by atoms with E-state index in [1.807, 2.05) is 0 Å². The topological polar surface area (TPSA) is 72.1 Å². The van der Waals surface area contributed by atoms with Crippen LogP contribution in [0.2, 0.25) is 0 Å². The van der Waals surface area contributed by atoms with E-state index in [0.717, 1.165) is 0 Å². The Balaban J connectivity index is 2.09. The number of hydrogen-bond acceptors (Lipinski definition) is 4. The van der Waals surface area contributed by atoms with Crippen LogP contribution >= 0.6 is 0 Å². The van der Waals surface area contributed by atoms with E-state index >= 15 is 0 Å². The Morgan fingerprint density at radius 2 is 1.93 bits per heavy atom. The zero-order valence-corrected chi connectivity index (χ0v) is 7.65. The third-order valence-corrected chi connectivity index (χ3v) is 2.05. The van der Waals surface area contributed by atoms with Gasteiger partial charge >= 0.3 is 0 Å². The van der Waals surface area contributed by atoms with Crippen molar-refractivity contribution in [2.45, 2.75) is 5.92 Å². The van der Waals surface area contributed by atoms with Crippen molar-refractivity contribution in [3.05, 3.63) is 18.0 Å². The third-order valence-electron chi connectivity index (χ3n) is 2.05. The lowest BCUT2D eigenvalue weighted by Crippen LogP contribution is -2.57. The normalized spacial score (nSPS) is 18.4. The van der Waals surface area contributed by atoms with Gasteiger partial charge in [-0.1, -0.05) is 0 Å². The molecule has 0 aliphatic carbocycles. The van der Waals surface area contributed by atoms with E-state index in [4.69, 9.17) is 5.73 Å². The first-order valence-electron chi connectivity index (χ1n) is 4.22. The van der Waals surface area contributed by atoms with Gasteiger partial charge < -0.3 is 10.6 Å². The minimum atomic E-state index is -2.66. The van der Waals surface area contributed by atoms with Crippen molar-refractivity contribution in [1.82, 2.24) is 9.97 Å². The van der Waals surface area contributed by atoms with Crippen LogP contribution in [0, 0.1) is 0 Å². The molecule has 0 unspecified atom stereocenters. The van der Waals surface area contributed by atoms with E-state index in [1.54, 1.807) is 0 Å². The van der Waals surface area contributed by atoms with Crippen LogP contribution in [-0.4, -0.2) is 34.9 Å². The van der Waals surface area contributed by atoms with Crippen molar-refractivity contribution in [3.8, 4) is 0 Å². The number of nitrogens with two attached hydrogens (primary N) is 1. The first-order chi connectivity index (χ1) is 6.98. The zero-order chi connectivity index (χ0) is 11.1. The van der Waals surface area contributed by atoms with E-state index in [1.165, 1.54) is 17.3 Å². The quantitative estimate of drug-likeness (QED) is 0.753. The Labute approximate surface area is 83.9 Å². The van der Waals surface area contributed by atoms with Crippen LogP contribution in [0.25, 0.3) is 0 Å². The standard InChI is InChI=1S/C8H8F2N4O/c9-8(10)3-14(4-8)7-12-1-5(2-13-7)6(11)15/h1-2H,3-4H2,(H2,11,15). The number of nitrogens with zero attached hydrogens (tertiary/aromatic N) is 3. The molecule has 0 bridgehead atoms. The molecule has 1 aliphatic rings.